The molecule has 7 heteroatoms. The maximum atomic E-state index is 6.00. The van der Waals surface area contributed by atoms with Crippen LogP contribution < -0.4 is 5.73 Å². The summed E-state index contributed by atoms with van der Waals surface area (Å²) < 4.78 is 5.06. The minimum atomic E-state index is 0.317. The molecule has 0 aliphatic heterocycles. The van der Waals surface area contributed by atoms with Crippen molar-refractivity contribution >= 4 is 28.5 Å². The van der Waals surface area contributed by atoms with E-state index in [4.69, 9.17) is 21.9 Å². The molecule has 0 atom stereocenters. The first kappa shape index (κ1) is 9.17. The average Bonchev–Trinajstić information content (AvgIpc) is 2.84. The summed E-state index contributed by atoms with van der Waals surface area (Å²) in [5.74, 6) is 0.845. The molecular weight excluding hydrogens is 230 g/mol. The molecule has 0 aromatic carbocycles. The fourth-order valence-corrected chi connectivity index (χ4v) is 1.77. The Kier molecular flexibility index (Phi) is 1.84. The Hall–Kier alpha value is -2.08. The summed E-state index contributed by atoms with van der Waals surface area (Å²) in [4.78, 5) is 10.9. The Morgan fingerprint density at radius 3 is 3.00 bits per heavy atom. The van der Waals surface area contributed by atoms with Crippen molar-refractivity contribution in [2.24, 2.45) is 0 Å². The molecule has 0 saturated carbocycles. The van der Waals surface area contributed by atoms with Gasteiger partial charge in [0.1, 0.15) is 17.1 Å². The van der Waals surface area contributed by atoms with Gasteiger partial charge in [-0.15, -0.1) is 0 Å². The van der Waals surface area contributed by atoms with E-state index in [1.54, 1.807) is 12.3 Å². The maximum absolute atomic E-state index is 6.00. The SMILES string of the molecule is Nc1cc(-c2c[nH]c3ncnc(Cl)c23)on1. The van der Waals surface area contributed by atoms with Gasteiger partial charge in [0.15, 0.2) is 11.6 Å². The third-order valence-corrected chi connectivity index (χ3v) is 2.50. The van der Waals surface area contributed by atoms with Gasteiger partial charge in [-0.2, -0.15) is 0 Å². The van der Waals surface area contributed by atoms with Crippen molar-refractivity contribution in [3.63, 3.8) is 0 Å². The van der Waals surface area contributed by atoms with Crippen molar-refractivity contribution in [1.29, 1.82) is 0 Å². The molecule has 3 aromatic heterocycles. The Balaban J connectivity index is 2.32. The predicted octanol–water partition coefficient (Wildman–Crippen LogP) is 1.85. The van der Waals surface area contributed by atoms with E-state index in [9.17, 15) is 0 Å². The molecule has 0 amide bonds. The number of hydrogen-bond acceptors (Lipinski definition) is 5. The molecular formula is C9H6ClN5O. The second-order valence-electron chi connectivity index (χ2n) is 3.21. The summed E-state index contributed by atoms with van der Waals surface area (Å²) in [7, 11) is 0. The number of nitrogens with one attached hydrogen (secondary N) is 1. The van der Waals surface area contributed by atoms with Crippen LogP contribution in [0.2, 0.25) is 5.15 Å². The maximum Gasteiger partial charge on any atom is 0.171 e. The normalized spacial score (nSPS) is 11.1. The minimum absolute atomic E-state index is 0.317. The van der Waals surface area contributed by atoms with E-state index in [1.807, 2.05) is 0 Å². The van der Waals surface area contributed by atoms with E-state index in [-0.39, 0.29) is 0 Å². The molecule has 3 aromatic rings. The van der Waals surface area contributed by atoms with Crippen molar-refractivity contribution in [2.75, 3.05) is 5.73 Å². The Morgan fingerprint density at radius 2 is 2.25 bits per heavy atom. The number of nitrogens with two attached hydrogens (primary N) is 1. The minimum Gasteiger partial charge on any atom is -0.381 e. The first-order valence-electron chi connectivity index (χ1n) is 4.46. The summed E-state index contributed by atoms with van der Waals surface area (Å²) in [6.07, 6.45) is 3.12. The van der Waals surface area contributed by atoms with Gasteiger partial charge in [0.2, 0.25) is 0 Å². The van der Waals surface area contributed by atoms with Crippen LogP contribution in [-0.2, 0) is 0 Å². The molecule has 3 rings (SSSR count). The van der Waals surface area contributed by atoms with Gasteiger partial charge >= 0.3 is 0 Å². The third-order valence-electron chi connectivity index (χ3n) is 2.22. The van der Waals surface area contributed by atoms with Gasteiger partial charge in [0, 0.05) is 12.3 Å². The van der Waals surface area contributed by atoms with E-state index in [1.165, 1.54) is 6.33 Å². The van der Waals surface area contributed by atoms with Crippen molar-refractivity contribution in [3.8, 4) is 11.3 Å². The van der Waals surface area contributed by atoms with Crippen molar-refractivity contribution in [1.82, 2.24) is 20.1 Å². The monoisotopic (exact) mass is 235 g/mol. The van der Waals surface area contributed by atoms with E-state index in [2.05, 4.69) is 20.1 Å². The second-order valence-corrected chi connectivity index (χ2v) is 3.56. The standard InChI is InChI=1S/C9H6ClN5O/c10-8-7-4(5-1-6(11)15-16-5)2-12-9(7)14-3-13-8/h1-3H,(H2,11,15)(H,12,13,14). The third kappa shape index (κ3) is 1.24. The molecule has 0 bridgehead atoms. The molecule has 0 unspecified atom stereocenters. The number of anilines is 1. The van der Waals surface area contributed by atoms with Crippen LogP contribution in [0.3, 0.4) is 0 Å². The largest absolute Gasteiger partial charge is 0.381 e. The fourth-order valence-electron chi connectivity index (χ4n) is 1.54. The zero-order valence-electron chi connectivity index (χ0n) is 7.94. The number of rotatable bonds is 1. The highest BCUT2D eigenvalue weighted by atomic mass is 35.5. The lowest BCUT2D eigenvalue weighted by Gasteiger charge is -1.94. The lowest BCUT2D eigenvalue weighted by molar-refractivity contribution is 0.436. The van der Waals surface area contributed by atoms with Gasteiger partial charge < -0.3 is 15.2 Å². The van der Waals surface area contributed by atoms with Crippen LogP contribution in [0.25, 0.3) is 22.4 Å². The molecule has 0 fully saturated rings. The molecule has 0 saturated heterocycles. The molecule has 6 nitrogen and oxygen atoms in total. The number of halogens is 1. The van der Waals surface area contributed by atoms with Gasteiger partial charge in [-0.05, 0) is 0 Å². The van der Waals surface area contributed by atoms with E-state index < -0.39 is 0 Å². The summed E-state index contributed by atoms with van der Waals surface area (Å²) >= 11 is 6.00. The summed E-state index contributed by atoms with van der Waals surface area (Å²) in [5.41, 5.74) is 6.87. The number of aromatic amines is 1. The molecule has 3 heterocycles. The zero-order chi connectivity index (χ0) is 11.1. The number of nitrogens with zero attached hydrogens (tertiary/aromatic N) is 3. The Labute approximate surface area is 94.4 Å². The number of aromatic nitrogens is 4. The zero-order valence-corrected chi connectivity index (χ0v) is 8.69. The lowest BCUT2D eigenvalue weighted by Crippen LogP contribution is -1.82. The number of nitrogen functional groups attached to an aromatic ring is 1. The first-order valence-corrected chi connectivity index (χ1v) is 4.83. The van der Waals surface area contributed by atoms with Gasteiger partial charge in [0.25, 0.3) is 0 Å². The predicted molar refractivity (Wildman–Crippen MR) is 58.8 cm³/mol. The summed E-state index contributed by atoms with van der Waals surface area (Å²) in [5, 5.41) is 4.67. The van der Waals surface area contributed by atoms with E-state index in [0.29, 0.717) is 27.8 Å². The molecule has 0 radical (unpaired) electrons. The Morgan fingerprint density at radius 1 is 1.38 bits per heavy atom. The van der Waals surface area contributed by atoms with Crippen LogP contribution in [0.1, 0.15) is 0 Å². The van der Waals surface area contributed by atoms with Crippen LogP contribution in [-0.4, -0.2) is 20.1 Å². The van der Waals surface area contributed by atoms with Crippen molar-refractivity contribution in [3.05, 3.63) is 23.7 Å². The van der Waals surface area contributed by atoms with E-state index in [0.717, 1.165) is 5.56 Å². The highest BCUT2D eigenvalue weighted by molar-refractivity contribution is 6.35. The van der Waals surface area contributed by atoms with Crippen LogP contribution in [0.15, 0.2) is 23.1 Å². The van der Waals surface area contributed by atoms with Crippen LogP contribution >= 0.6 is 11.6 Å². The van der Waals surface area contributed by atoms with Crippen LogP contribution in [0.5, 0.6) is 0 Å². The summed E-state index contributed by atoms with van der Waals surface area (Å²) in [6, 6.07) is 1.62. The Bertz CT molecular complexity index is 659. The number of fused-ring (bicyclic) bond motifs is 1. The van der Waals surface area contributed by atoms with Crippen LogP contribution in [0.4, 0.5) is 5.82 Å². The van der Waals surface area contributed by atoms with Gasteiger partial charge in [-0.25, -0.2) is 9.97 Å². The molecule has 0 aliphatic carbocycles. The van der Waals surface area contributed by atoms with Gasteiger partial charge in [-0.1, -0.05) is 16.8 Å². The topological polar surface area (TPSA) is 93.6 Å². The number of H-pyrrole nitrogens is 1. The number of hydrogen-bond donors (Lipinski definition) is 2. The fraction of sp³-hybridized carbons (Fsp3) is 0. The van der Waals surface area contributed by atoms with E-state index >= 15 is 0 Å². The van der Waals surface area contributed by atoms with Gasteiger partial charge in [-0.3, -0.25) is 0 Å². The highest BCUT2D eigenvalue weighted by Gasteiger charge is 2.14. The first-order chi connectivity index (χ1) is 7.75. The highest BCUT2D eigenvalue weighted by Crippen LogP contribution is 2.32. The second kappa shape index (κ2) is 3.21. The smallest absolute Gasteiger partial charge is 0.171 e. The molecule has 0 spiro atoms. The van der Waals surface area contributed by atoms with Crippen molar-refractivity contribution < 1.29 is 4.52 Å². The molecule has 80 valence electrons. The van der Waals surface area contributed by atoms with Gasteiger partial charge in [0.05, 0.1) is 10.9 Å². The van der Waals surface area contributed by atoms with Crippen molar-refractivity contribution in [2.45, 2.75) is 0 Å². The van der Waals surface area contributed by atoms with Crippen LogP contribution in [0, 0.1) is 0 Å². The molecule has 16 heavy (non-hydrogen) atoms. The summed E-state index contributed by atoms with van der Waals surface area (Å²) in [6.45, 7) is 0. The lowest BCUT2D eigenvalue weighted by atomic mass is 10.2. The average molecular weight is 236 g/mol. The quantitative estimate of drug-likeness (QED) is 0.628. The molecule has 3 N–H and O–H groups in total. The molecule has 0 aliphatic rings.